The number of aromatic nitrogens is 2. The minimum absolute atomic E-state index is 0.0733. The smallest absolute Gasteiger partial charge is 0.319 e. The second kappa shape index (κ2) is 7.67. The number of carbonyl (C=O) groups excluding carboxylic acids is 1. The fourth-order valence-electron chi connectivity index (χ4n) is 3.02. The number of likely N-dealkylation sites (N-methyl/N-ethyl adjacent to an activating group) is 1. The van der Waals surface area contributed by atoms with Crippen LogP contribution in [-0.2, 0) is 11.3 Å². The second-order valence-corrected chi connectivity index (χ2v) is 5.85. The number of likely N-dealkylation sites (tertiary alicyclic amines) is 1. The lowest BCUT2D eigenvalue weighted by atomic mass is 10.00. The molecule has 1 amide bonds. The van der Waals surface area contributed by atoms with Crippen molar-refractivity contribution in [2.75, 3.05) is 20.1 Å². The Bertz CT molecular complexity index is 492. The van der Waals surface area contributed by atoms with E-state index >= 15 is 0 Å². The molecule has 1 fully saturated rings. The van der Waals surface area contributed by atoms with Crippen molar-refractivity contribution in [3.63, 3.8) is 0 Å². The normalized spacial score (nSPS) is 19.2. The molecule has 2 rings (SSSR count). The van der Waals surface area contributed by atoms with Crippen LogP contribution >= 0.6 is 0 Å². The largest absolute Gasteiger partial charge is 0.339 e. The van der Waals surface area contributed by atoms with E-state index in [1.165, 1.54) is 18.8 Å². The van der Waals surface area contributed by atoms with Gasteiger partial charge in [0.05, 0.1) is 13.1 Å². The van der Waals surface area contributed by atoms with Crippen LogP contribution in [0.15, 0.2) is 12.4 Å². The van der Waals surface area contributed by atoms with Crippen LogP contribution in [0.5, 0.6) is 0 Å². The van der Waals surface area contributed by atoms with Crippen molar-refractivity contribution in [1.82, 2.24) is 19.4 Å². The predicted octanol–water partition coefficient (Wildman–Crippen LogP) is 2.50. The number of amides is 1. The van der Waals surface area contributed by atoms with Gasteiger partial charge in [0, 0.05) is 25.0 Å². The molecule has 0 bridgehead atoms. The Balaban J connectivity index is 1.92. The Morgan fingerprint density at radius 1 is 1.50 bits per heavy atom. The van der Waals surface area contributed by atoms with Crippen LogP contribution in [0.1, 0.15) is 45.0 Å². The zero-order valence-electron chi connectivity index (χ0n) is 13.2. The summed E-state index contributed by atoms with van der Waals surface area (Å²) >= 11 is 0. The molecule has 0 aliphatic carbocycles. The van der Waals surface area contributed by atoms with Gasteiger partial charge in [0.15, 0.2) is 0 Å². The molecule has 0 N–H and O–H groups in total. The molecule has 0 aromatic carbocycles. The van der Waals surface area contributed by atoms with E-state index in [-0.39, 0.29) is 24.8 Å². The molecule has 5 nitrogen and oxygen atoms in total. The number of imidazole rings is 1. The first-order chi connectivity index (χ1) is 10.5. The van der Waals surface area contributed by atoms with Gasteiger partial charge in [0.25, 0.3) is 0 Å². The molecule has 2 heterocycles. The van der Waals surface area contributed by atoms with Gasteiger partial charge in [-0.05, 0) is 32.7 Å². The molecule has 1 aliphatic rings. The standard InChI is InChI=1S/C15H24F2N4O/c1-3-12-6-4-5-8-20(12)14(22)11-19(2)10-13-18-7-9-21(13)15(16)17/h7,9,12,15H,3-6,8,10-11H2,1-2H3. The summed E-state index contributed by atoms with van der Waals surface area (Å²) in [5, 5.41) is 0. The van der Waals surface area contributed by atoms with E-state index in [9.17, 15) is 13.6 Å². The number of hydrogen-bond donors (Lipinski definition) is 0. The maximum Gasteiger partial charge on any atom is 0.319 e. The molecule has 1 aromatic heterocycles. The molecule has 1 atom stereocenters. The minimum atomic E-state index is -2.60. The van der Waals surface area contributed by atoms with Crippen molar-refractivity contribution in [2.45, 2.75) is 51.7 Å². The van der Waals surface area contributed by atoms with Crippen LogP contribution in [0, 0.1) is 0 Å². The van der Waals surface area contributed by atoms with E-state index in [0.717, 1.165) is 30.4 Å². The van der Waals surface area contributed by atoms with Gasteiger partial charge < -0.3 is 4.90 Å². The first-order valence-corrected chi connectivity index (χ1v) is 7.80. The lowest BCUT2D eigenvalue weighted by molar-refractivity contribution is -0.136. The molecule has 0 spiro atoms. The number of alkyl halides is 2. The van der Waals surface area contributed by atoms with E-state index < -0.39 is 6.55 Å². The summed E-state index contributed by atoms with van der Waals surface area (Å²) in [6, 6.07) is 0.317. The summed E-state index contributed by atoms with van der Waals surface area (Å²) in [4.78, 5) is 20.1. The quantitative estimate of drug-likeness (QED) is 0.810. The fourth-order valence-corrected chi connectivity index (χ4v) is 3.02. The average molecular weight is 314 g/mol. The van der Waals surface area contributed by atoms with Crippen LogP contribution in [0.4, 0.5) is 8.78 Å². The molecule has 1 aliphatic heterocycles. The van der Waals surface area contributed by atoms with Crippen molar-refractivity contribution in [3.05, 3.63) is 18.2 Å². The van der Waals surface area contributed by atoms with Crippen molar-refractivity contribution in [3.8, 4) is 0 Å². The number of piperidine rings is 1. The Morgan fingerprint density at radius 3 is 2.95 bits per heavy atom. The summed E-state index contributed by atoms with van der Waals surface area (Å²) in [6.07, 6.45) is 6.85. The van der Waals surface area contributed by atoms with Crippen LogP contribution in [0.3, 0.4) is 0 Å². The lowest BCUT2D eigenvalue weighted by Gasteiger charge is -2.36. The number of carbonyl (C=O) groups is 1. The molecule has 1 aromatic rings. The molecule has 0 saturated carbocycles. The molecule has 7 heteroatoms. The van der Waals surface area contributed by atoms with Crippen molar-refractivity contribution in [2.24, 2.45) is 0 Å². The molecule has 22 heavy (non-hydrogen) atoms. The Kier molecular flexibility index (Phi) is 5.88. The van der Waals surface area contributed by atoms with Crippen molar-refractivity contribution >= 4 is 5.91 Å². The maximum atomic E-state index is 12.8. The highest BCUT2D eigenvalue weighted by molar-refractivity contribution is 5.78. The summed E-state index contributed by atoms with van der Waals surface area (Å²) in [7, 11) is 1.76. The van der Waals surface area contributed by atoms with Gasteiger partial charge in [-0.15, -0.1) is 0 Å². The third kappa shape index (κ3) is 4.03. The van der Waals surface area contributed by atoms with Crippen LogP contribution in [0.25, 0.3) is 0 Å². The van der Waals surface area contributed by atoms with Crippen LogP contribution in [0.2, 0.25) is 0 Å². The van der Waals surface area contributed by atoms with Crippen molar-refractivity contribution < 1.29 is 13.6 Å². The Labute approximate surface area is 129 Å². The first kappa shape index (κ1) is 16.9. The summed E-state index contributed by atoms with van der Waals surface area (Å²) in [6.45, 7) is 0.754. The zero-order valence-corrected chi connectivity index (χ0v) is 13.2. The van der Waals surface area contributed by atoms with Gasteiger partial charge >= 0.3 is 6.55 Å². The zero-order chi connectivity index (χ0) is 16.1. The number of hydrogen-bond acceptors (Lipinski definition) is 3. The fraction of sp³-hybridized carbons (Fsp3) is 0.733. The van der Waals surface area contributed by atoms with Gasteiger partial charge in [-0.3, -0.25) is 14.3 Å². The highest BCUT2D eigenvalue weighted by Crippen LogP contribution is 2.20. The van der Waals surface area contributed by atoms with Gasteiger partial charge in [-0.25, -0.2) is 4.98 Å². The Morgan fingerprint density at radius 2 is 2.27 bits per heavy atom. The molecule has 0 radical (unpaired) electrons. The molecular formula is C15H24F2N4O. The number of nitrogens with zero attached hydrogens (tertiary/aromatic N) is 4. The first-order valence-electron chi connectivity index (χ1n) is 7.80. The second-order valence-electron chi connectivity index (χ2n) is 5.85. The number of rotatable bonds is 6. The summed E-state index contributed by atoms with van der Waals surface area (Å²) < 4.78 is 26.4. The predicted molar refractivity (Wildman–Crippen MR) is 79.5 cm³/mol. The molecule has 124 valence electrons. The highest BCUT2D eigenvalue weighted by atomic mass is 19.3. The van der Waals surface area contributed by atoms with Gasteiger partial charge in [-0.2, -0.15) is 8.78 Å². The highest BCUT2D eigenvalue weighted by Gasteiger charge is 2.26. The maximum absolute atomic E-state index is 12.8. The van der Waals surface area contributed by atoms with E-state index in [2.05, 4.69) is 11.9 Å². The summed E-state index contributed by atoms with van der Waals surface area (Å²) in [5.41, 5.74) is 0. The lowest BCUT2D eigenvalue weighted by Crippen LogP contribution is -2.47. The molecule has 1 unspecified atom stereocenters. The van der Waals surface area contributed by atoms with E-state index in [1.807, 2.05) is 4.90 Å². The van der Waals surface area contributed by atoms with E-state index in [4.69, 9.17) is 0 Å². The van der Waals surface area contributed by atoms with Gasteiger partial charge in [0.1, 0.15) is 5.82 Å². The summed E-state index contributed by atoms with van der Waals surface area (Å²) in [5.74, 6) is 0.347. The minimum Gasteiger partial charge on any atom is -0.339 e. The van der Waals surface area contributed by atoms with Crippen molar-refractivity contribution in [1.29, 1.82) is 0 Å². The van der Waals surface area contributed by atoms with Gasteiger partial charge in [-0.1, -0.05) is 6.92 Å². The third-order valence-corrected chi connectivity index (χ3v) is 4.19. The molecular weight excluding hydrogens is 290 g/mol. The monoisotopic (exact) mass is 314 g/mol. The van der Waals surface area contributed by atoms with E-state index in [0.29, 0.717) is 6.04 Å². The topological polar surface area (TPSA) is 41.4 Å². The third-order valence-electron chi connectivity index (χ3n) is 4.19. The SMILES string of the molecule is CCC1CCCCN1C(=O)CN(C)Cc1nccn1C(F)F. The van der Waals surface area contributed by atoms with E-state index in [1.54, 1.807) is 11.9 Å². The average Bonchev–Trinajstić information content (AvgIpc) is 2.95. The molecule has 1 saturated heterocycles. The van der Waals surface area contributed by atoms with Gasteiger partial charge in [0.2, 0.25) is 5.91 Å². The Hall–Kier alpha value is -1.50. The number of halogens is 2. The van der Waals surface area contributed by atoms with Crippen LogP contribution < -0.4 is 0 Å². The van der Waals surface area contributed by atoms with Crippen LogP contribution in [-0.4, -0.2) is 51.4 Å².